The molecule has 0 aliphatic carbocycles. The average molecular weight is 400 g/mol. The molecule has 8 nitrogen and oxygen atoms in total. The molecular weight excluding hydrogens is 386 g/mol. The van der Waals surface area contributed by atoms with Crippen LogP contribution in [0.15, 0.2) is 54.9 Å². The van der Waals surface area contributed by atoms with E-state index in [0.717, 1.165) is 5.56 Å². The first-order chi connectivity index (χ1) is 13.5. The Balaban J connectivity index is 1.59. The van der Waals surface area contributed by atoms with Crippen LogP contribution in [0.4, 0.5) is 0 Å². The summed E-state index contributed by atoms with van der Waals surface area (Å²) in [6.45, 7) is 1.79. The lowest BCUT2D eigenvalue weighted by atomic mass is 10.1. The Kier molecular flexibility index (Phi) is 4.70. The zero-order chi connectivity index (χ0) is 19.7. The van der Waals surface area contributed by atoms with Crippen LogP contribution in [-0.2, 0) is 13.0 Å². The highest BCUT2D eigenvalue weighted by Crippen LogP contribution is 2.27. The molecule has 0 unspecified atom stereocenters. The third-order valence-electron chi connectivity index (χ3n) is 4.12. The topological polar surface area (TPSA) is 111 Å². The van der Waals surface area contributed by atoms with Crippen molar-refractivity contribution in [3.05, 3.63) is 73.5 Å². The minimum absolute atomic E-state index is 0.0381. The first-order valence-corrected chi connectivity index (χ1v) is 8.83. The second-order valence-electron chi connectivity index (χ2n) is 5.94. The molecule has 0 saturated heterocycles. The van der Waals surface area contributed by atoms with Gasteiger partial charge in [0, 0.05) is 17.7 Å². The molecule has 142 valence electrons. The van der Waals surface area contributed by atoms with Gasteiger partial charge < -0.3 is 13.7 Å². The van der Waals surface area contributed by atoms with E-state index in [4.69, 9.17) is 25.3 Å². The van der Waals surface area contributed by atoms with Crippen molar-refractivity contribution in [1.82, 2.24) is 15.1 Å². The molecule has 9 heteroatoms. The van der Waals surface area contributed by atoms with E-state index in [1.165, 1.54) is 6.07 Å². The summed E-state index contributed by atoms with van der Waals surface area (Å²) in [4.78, 5) is 30.6. The molecular formula is C19H14ClN3O5. The lowest BCUT2D eigenvalue weighted by Crippen LogP contribution is -2.15. The van der Waals surface area contributed by atoms with Crippen LogP contribution in [0.3, 0.4) is 0 Å². The fourth-order valence-corrected chi connectivity index (χ4v) is 3.03. The number of aryl methyl sites for hydroxylation is 1. The monoisotopic (exact) mass is 399 g/mol. The number of rotatable bonds is 5. The second kappa shape index (κ2) is 7.32. The maximum atomic E-state index is 12.3. The molecule has 0 aliphatic heterocycles. The van der Waals surface area contributed by atoms with E-state index in [1.807, 2.05) is 25.1 Å². The lowest BCUT2D eigenvalue weighted by Gasteiger charge is -2.05. The minimum atomic E-state index is -0.576. The van der Waals surface area contributed by atoms with Crippen molar-refractivity contribution < 1.29 is 13.7 Å². The van der Waals surface area contributed by atoms with Gasteiger partial charge >= 0.3 is 5.63 Å². The van der Waals surface area contributed by atoms with Crippen LogP contribution < -0.4 is 15.9 Å². The zero-order valence-corrected chi connectivity index (χ0v) is 15.4. The molecule has 0 atom stereocenters. The molecule has 1 N–H and O–H groups in total. The Bertz CT molecular complexity index is 1270. The molecule has 0 fully saturated rings. The van der Waals surface area contributed by atoms with Crippen molar-refractivity contribution in [3.63, 3.8) is 0 Å². The van der Waals surface area contributed by atoms with Crippen LogP contribution in [-0.4, -0.2) is 15.1 Å². The summed E-state index contributed by atoms with van der Waals surface area (Å²) in [6.07, 6.45) is 0.496. The van der Waals surface area contributed by atoms with Gasteiger partial charge in [-0.1, -0.05) is 41.9 Å². The smallest absolute Gasteiger partial charge is 0.337 e. The molecule has 3 aromatic heterocycles. The number of hydrogen-bond acceptors (Lipinski definition) is 7. The Morgan fingerprint density at radius 2 is 2.04 bits per heavy atom. The van der Waals surface area contributed by atoms with Crippen LogP contribution in [0.2, 0.25) is 5.02 Å². The summed E-state index contributed by atoms with van der Waals surface area (Å²) in [5.41, 5.74) is 0.750. The van der Waals surface area contributed by atoms with Crippen molar-refractivity contribution >= 4 is 22.7 Å². The highest BCUT2D eigenvalue weighted by atomic mass is 35.5. The number of halogens is 1. The number of ether oxygens (including phenoxy) is 1. The van der Waals surface area contributed by atoms with E-state index < -0.39 is 11.2 Å². The van der Waals surface area contributed by atoms with E-state index in [2.05, 4.69) is 15.1 Å². The number of benzene rings is 1. The molecule has 4 rings (SSSR count). The predicted octanol–water partition coefficient (Wildman–Crippen LogP) is 3.33. The third-order valence-corrected chi connectivity index (χ3v) is 4.45. The standard InChI is InChI=1S/C19H14ClN3O5/c1-2-10-7-15(24)27-18-16(10)17(25)21-19(22-18)26-9-11-8-14(23-28-11)12-5-3-4-6-13(12)20/h3-8H,2,9H2,1H3,(H,21,22,25). The average Bonchev–Trinajstić information content (AvgIpc) is 3.14. The highest BCUT2D eigenvalue weighted by Gasteiger charge is 2.14. The van der Waals surface area contributed by atoms with Gasteiger partial charge in [0.25, 0.3) is 11.6 Å². The van der Waals surface area contributed by atoms with E-state index in [0.29, 0.717) is 28.5 Å². The predicted molar refractivity (Wildman–Crippen MR) is 102 cm³/mol. The Labute approximate surface area is 162 Å². The first-order valence-electron chi connectivity index (χ1n) is 8.45. The first kappa shape index (κ1) is 18.0. The zero-order valence-electron chi connectivity index (χ0n) is 14.7. The van der Waals surface area contributed by atoms with Gasteiger partial charge in [0.05, 0.1) is 5.02 Å². The van der Waals surface area contributed by atoms with Crippen molar-refractivity contribution in [1.29, 1.82) is 0 Å². The van der Waals surface area contributed by atoms with Crippen molar-refractivity contribution in [2.24, 2.45) is 0 Å². The molecule has 0 saturated carbocycles. The second-order valence-corrected chi connectivity index (χ2v) is 6.35. The Hall–Kier alpha value is -3.39. The van der Waals surface area contributed by atoms with E-state index >= 15 is 0 Å². The molecule has 0 amide bonds. The fraction of sp³-hybridized carbons (Fsp3) is 0.158. The SMILES string of the molecule is CCc1cc(=O)oc2nc(OCc3cc(-c4ccccc4Cl)no3)[nH]c(=O)c12. The fourth-order valence-electron chi connectivity index (χ4n) is 2.79. The van der Waals surface area contributed by atoms with Crippen molar-refractivity contribution in [3.8, 4) is 17.3 Å². The van der Waals surface area contributed by atoms with Gasteiger partial charge in [-0.15, -0.1) is 0 Å². The van der Waals surface area contributed by atoms with Crippen LogP contribution in [0.25, 0.3) is 22.4 Å². The van der Waals surface area contributed by atoms with Crippen LogP contribution in [0, 0.1) is 0 Å². The molecule has 28 heavy (non-hydrogen) atoms. The van der Waals surface area contributed by atoms with Crippen LogP contribution in [0.5, 0.6) is 6.01 Å². The molecule has 3 heterocycles. The van der Waals surface area contributed by atoms with Gasteiger partial charge in [0.2, 0.25) is 5.71 Å². The number of aromatic nitrogens is 3. The summed E-state index contributed by atoms with van der Waals surface area (Å²) >= 11 is 6.15. The van der Waals surface area contributed by atoms with Gasteiger partial charge in [-0.05, 0) is 18.1 Å². The Morgan fingerprint density at radius 3 is 2.82 bits per heavy atom. The number of nitrogens with zero attached hydrogens (tertiary/aromatic N) is 2. The lowest BCUT2D eigenvalue weighted by molar-refractivity contribution is 0.232. The van der Waals surface area contributed by atoms with Gasteiger partial charge in [-0.25, -0.2) is 4.79 Å². The third kappa shape index (κ3) is 3.41. The molecule has 0 radical (unpaired) electrons. The molecule has 0 aliphatic rings. The molecule has 4 aromatic rings. The van der Waals surface area contributed by atoms with E-state index in [9.17, 15) is 9.59 Å². The normalized spacial score (nSPS) is 11.1. The van der Waals surface area contributed by atoms with Gasteiger partial charge in [0.1, 0.15) is 11.1 Å². The Morgan fingerprint density at radius 1 is 1.21 bits per heavy atom. The number of hydrogen-bond donors (Lipinski definition) is 1. The summed E-state index contributed by atoms with van der Waals surface area (Å²) in [5.74, 6) is 0.404. The summed E-state index contributed by atoms with van der Waals surface area (Å²) in [5, 5.41) is 4.75. The number of fused-ring (bicyclic) bond motifs is 1. The molecule has 0 bridgehead atoms. The molecule has 1 aromatic carbocycles. The maximum absolute atomic E-state index is 12.3. The number of nitrogens with one attached hydrogen (secondary N) is 1. The minimum Gasteiger partial charge on any atom is -0.456 e. The largest absolute Gasteiger partial charge is 0.456 e. The summed E-state index contributed by atoms with van der Waals surface area (Å²) in [6, 6.07) is 10.1. The van der Waals surface area contributed by atoms with Crippen LogP contribution in [0.1, 0.15) is 18.2 Å². The summed E-state index contributed by atoms with van der Waals surface area (Å²) < 4.78 is 15.8. The summed E-state index contributed by atoms with van der Waals surface area (Å²) in [7, 11) is 0. The number of aromatic amines is 1. The maximum Gasteiger partial charge on any atom is 0.337 e. The highest BCUT2D eigenvalue weighted by molar-refractivity contribution is 6.33. The number of H-pyrrole nitrogens is 1. The van der Waals surface area contributed by atoms with Crippen LogP contribution >= 0.6 is 11.6 Å². The quantitative estimate of drug-likeness (QED) is 0.547. The van der Waals surface area contributed by atoms with Gasteiger partial charge in [-0.2, -0.15) is 4.98 Å². The van der Waals surface area contributed by atoms with Gasteiger partial charge in [-0.3, -0.25) is 9.78 Å². The van der Waals surface area contributed by atoms with Crippen molar-refractivity contribution in [2.45, 2.75) is 20.0 Å². The molecule has 0 spiro atoms. The van der Waals surface area contributed by atoms with Gasteiger partial charge in [0.15, 0.2) is 12.4 Å². The van der Waals surface area contributed by atoms with E-state index in [1.54, 1.807) is 12.1 Å². The van der Waals surface area contributed by atoms with E-state index in [-0.39, 0.29) is 23.7 Å². The van der Waals surface area contributed by atoms with Crippen molar-refractivity contribution in [2.75, 3.05) is 0 Å².